The minimum atomic E-state index is -0.685. The van der Waals surface area contributed by atoms with Crippen molar-refractivity contribution in [3.8, 4) is 0 Å². The van der Waals surface area contributed by atoms with Crippen molar-refractivity contribution in [3.05, 3.63) is 24.8 Å². The standard InChI is InChI=1S/C8H16N2O.C4H7NO.ClH/c1-5-8(11)9-6-7-10(2,3)4;1-3(2)4(5)6;/h5H,1,6-7H2,2-4H3;1H2,2H3,(H2,5,6);1H. The topological polar surface area (TPSA) is 76.0 Å². The highest BCUT2D eigenvalue weighted by Gasteiger charge is 2.05. The Labute approximate surface area is 116 Å². The molecule has 0 aliphatic carbocycles. The number of carbonyl (C=O) groups is 1. The zero-order valence-electron chi connectivity index (χ0n) is 11.6. The van der Waals surface area contributed by atoms with E-state index in [4.69, 9.17) is 5.41 Å². The Bertz CT molecular complexity index is 284. The van der Waals surface area contributed by atoms with E-state index >= 15 is 0 Å². The summed E-state index contributed by atoms with van der Waals surface area (Å²) in [5.74, 6) is -0.784. The largest absolute Gasteiger partial charge is 0.859 e. The molecule has 2 N–H and O–H groups in total. The second kappa shape index (κ2) is 10.8. The fourth-order valence-corrected chi connectivity index (χ4v) is 0.587. The van der Waals surface area contributed by atoms with Crippen LogP contribution in [-0.4, -0.2) is 50.5 Å². The monoisotopic (exact) mass is 277 g/mol. The lowest BCUT2D eigenvalue weighted by molar-refractivity contribution is -0.869. The van der Waals surface area contributed by atoms with Crippen molar-refractivity contribution < 1.29 is 14.4 Å². The summed E-state index contributed by atoms with van der Waals surface area (Å²) < 4.78 is 0.859. The third-order valence-electron chi connectivity index (χ3n) is 1.65. The van der Waals surface area contributed by atoms with Gasteiger partial charge in [0.1, 0.15) is 0 Å². The molecule has 18 heavy (non-hydrogen) atoms. The number of hydrogen-bond acceptors (Lipinski definition) is 3. The molecule has 0 atom stereocenters. The summed E-state index contributed by atoms with van der Waals surface area (Å²) in [7, 11) is 6.25. The maximum absolute atomic E-state index is 10.7. The van der Waals surface area contributed by atoms with Crippen molar-refractivity contribution in [1.29, 1.82) is 5.41 Å². The molecule has 0 rings (SSSR count). The van der Waals surface area contributed by atoms with E-state index in [1.807, 2.05) is 0 Å². The van der Waals surface area contributed by atoms with Gasteiger partial charge in [0.25, 0.3) is 0 Å². The van der Waals surface area contributed by atoms with Crippen molar-refractivity contribution in [2.45, 2.75) is 6.92 Å². The zero-order valence-corrected chi connectivity index (χ0v) is 12.4. The number of nitrogens with zero attached hydrogens (tertiary/aromatic N) is 1. The van der Waals surface area contributed by atoms with Gasteiger partial charge in [0.05, 0.1) is 34.2 Å². The molecule has 0 fully saturated rings. The summed E-state index contributed by atoms with van der Waals surface area (Å²) in [4.78, 5) is 10.7. The summed E-state index contributed by atoms with van der Waals surface area (Å²) in [6.45, 7) is 9.72. The van der Waals surface area contributed by atoms with Gasteiger partial charge in [-0.15, -0.1) is 12.4 Å². The van der Waals surface area contributed by atoms with Crippen LogP contribution in [0.15, 0.2) is 24.8 Å². The molecule has 0 unspecified atom stereocenters. The Morgan fingerprint density at radius 1 is 1.44 bits per heavy atom. The zero-order chi connectivity index (χ0) is 14.1. The second-order valence-electron chi connectivity index (χ2n) is 4.62. The Kier molecular flexibility index (Phi) is 13.1. The van der Waals surface area contributed by atoms with Gasteiger partial charge in [-0.1, -0.05) is 13.2 Å². The molecule has 0 aliphatic heterocycles. The van der Waals surface area contributed by atoms with E-state index in [2.05, 4.69) is 39.6 Å². The first-order valence-electron chi connectivity index (χ1n) is 5.22. The molecular weight excluding hydrogens is 254 g/mol. The van der Waals surface area contributed by atoms with Gasteiger partial charge in [-0.05, 0) is 24.5 Å². The number of carbonyl (C=O) groups excluding carboxylic acids is 1. The molecular formula is C12H24ClN3O2. The Morgan fingerprint density at radius 2 is 1.83 bits per heavy atom. The maximum atomic E-state index is 10.7. The number of quaternary nitrogens is 1. The first-order valence-corrected chi connectivity index (χ1v) is 5.22. The van der Waals surface area contributed by atoms with Crippen LogP contribution in [0.3, 0.4) is 0 Å². The van der Waals surface area contributed by atoms with Crippen molar-refractivity contribution in [3.63, 3.8) is 0 Å². The van der Waals surface area contributed by atoms with Crippen LogP contribution in [0.2, 0.25) is 0 Å². The molecule has 106 valence electrons. The van der Waals surface area contributed by atoms with E-state index in [1.54, 1.807) is 0 Å². The summed E-state index contributed by atoms with van der Waals surface area (Å²) >= 11 is 0. The highest BCUT2D eigenvalue weighted by atomic mass is 35.5. The SMILES string of the molecule is C=C(C)C(=N)[O-].C=CC(=O)NCC[N+](C)(C)C.Cl. The molecule has 0 aromatic carbocycles. The van der Waals surface area contributed by atoms with Crippen molar-refractivity contribution in [2.24, 2.45) is 0 Å². The number of hydrogen-bond donors (Lipinski definition) is 2. The Balaban J connectivity index is -0.000000277. The fourth-order valence-electron chi connectivity index (χ4n) is 0.587. The van der Waals surface area contributed by atoms with Crippen LogP contribution in [-0.2, 0) is 4.79 Å². The fraction of sp³-hybridized carbons (Fsp3) is 0.500. The third kappa shape index (κ3) is 20.1. The summed E-state index contributed by atoms with van der Waals surface area (Å²) in [5, 5.41) is 18.7. The van der Waals surface area contributed by atoms with Crippen LogP contribution in [0, 0.1) is 5.41 Å². The summed E-state index contributed by atoms with van der Waals surface area (Å²) in [6.07, 6.45) is 1.29. The van der Waals surface area contributed by atoms with E-state index in [1.165, 1.54) is 13.0 Å². The van der Waals surface area contributed by atoms with Crippen molar-refractivity contribution >= 4 is 24.2 Å². The highest BCUT2D eigenvalue weighted by molar-refractivity contribution is 5.86. The lowest BCUT2D eigenvalue weighted by Gasteiger charge is -2.23. The highest BCUT2D eigenvalue weighted by Crippen LogP contribution is 1.86. The Morgan fingerprint density at radius 3 is 2.06 bits per heavy atom. The van der Waals surface area contributed by atoms with E-state index in [-0.39, 0.29) is 23.9 Å². The Hall–Kier alpha value is -1.33. The van der Waals surface area contributed by atoms with Crippen LogP contribution in [0.1, 0.15) is 6.92 Å². The molecule has 0 bridgehead atoms. The van der Waals surface area contributed by atoms with E-state index < -0.39 is 5.90 Å². The molecule has 0 aromatic rings. The van der Waals surface area contributed by atoms with Crippen LogP contribution >= 0.6 is 12.4 Å². The molecule has 1 amide bonds. The van der Waals surface area contributed by atoms with Gasteiger partial charge in [-0.2, -0.15) is 0 Å². The van der Waals surface area contributed by atoms with Gasteiger partial charge < -0.3 is 20.3 Å². The van der Waals surface area contributed by atoms with Crippen molar-refractivity contribution in [2.75, 3.05) is 34.2 Å². The number of halogens is 1. The molecule has 5 nitrogen and oxygen atoms in total. The average molecular weight is 278 g/mol. The molecule has 0 aromatic heterocycles. The van der Waals surface area contributed by atoms with Gasteiger partial charge in [0, 0.05) is 0 Å². The third-order valence-corrected chi connectivity index (χ3v) is 1.65. The molecule has 0 saturated heterocycles. The number of rotatable bonds is 5. The van der Waals surface area contributed by atoms with E-state index in [0.29, 0.717) is 6.54 Å². The minimum Gasteiger partial charge on any atom is -0.859 e. The van der Waals surface area contributed by atoms with Crippen LogP contribution < -0.4 is 10.4 Å². The lowest BCUT2D eigenvalue weighted by atomic mass is 10.4. The predicted molar refractivity (Wildman–Crippen MR) is 75.9 cm³/mol. The first-order chi connectivity index (χ1) is 7.60. The molecule has 6 heteroatoms. The van der Waals surface area contributed by atoms with E-state index in [0.717, 1.165) is 11.0 Å². The smallest absolute Gasteiger partial charge is 0.243 e. The lowest BCUT2D eigenvalue weighted by Crippen LogP contribution is -2.41. The molecule has 0 heterocycles. The number of amides is 1. The first kappa shape index (κ1) is 21.9. The van der Waals surface area contributed by atoms with Gasteiger partial charge in [0.2, 0.25) is 5.91 Å². The average Bonchev–Trinajstić information content (AvgIpc) is 2.16. The van der Waals surface area contributed by atoms with Gasteiger partial charge in [-0.3, -0.25) is 4.79 Å². The second-order valence-corrected chi connectivity index (χ2v) is 4.62. The molecule has 0 spiro atoms. The van der Waals surface area contributed by atoms with Crippen LogP contribution in [0.25, 0.3) is 0 Å². The molecule has 0 radical (unpaired) electrons. The van der Waals surface area contributed by atoms with Crippen molar-refractivity contribution in [1.82, 2.24) is 5.32 Å². The number of likely N-dealkylation sites (N-methyl/N-ethyl adjacent to an activating group) is 1. The van der Waals surface area contributed by atoms with E-state index in [9.17, 15) is 9.90 Å². The van der Waals surface area contributed by atoms with Gasteiger partial charge in [-0.25, -0.2) is 0 Å². The molecule has 0 saturated carbocycles. The normalized spacial score (nSPS) is 9.11. The maximum Gasteiger partial charge on any atom is 0.243 e. The minimum absolute atomic E-state index is 0. The summed E-state index contributed by atoms with van der Waals surface area (Å²) in [6, 6.07) is 0. The quantitative estimate of drug-likeness (QED) is 0.329. The van der Waals surface area contributed by atoms with Gasteiger partial charge in [0.15, 0.2) is 0 Å². The number of nitrogens with one attached hydrogen (secondary N) is 2. The summed E-state index contributed by atoms with van der Waals surface area (Å²) in [5.41, 5.74) is 0.287. The predicted octanol–water partition coefficient (Wildman–Crippen LogP) is 0.317. The van der Waals surface area contributed by atoms with Crippen LogP contribution in [0.5, 0.6) is 0 Å². The molecule has 0 aliphatic rings. The van der Waals surface area contributed by atoms with Gasteiger partial charge >= 0.3 is 0 Å². The van der Waals surface area contributed by atoms with Crippen LogP contribution in [0.4, 0.5) is 0 Å².